The van der Waals surface area contributed by atoms with E-state index < -0.39 is 6.10 Å². The summed E-state index contributed by atoms with van der Waals surface area (Å²) in [7, 11) is 0. The lowest BCUT2D eigenvalue weighted by Gasteiger charge is -2.28. The lowest BCUT2D eigenvalue weighted by molar-refractivity contribution is 0.0632. The molecule has 3 aromatic rings. The number of benzene rings is 2. The number of hydrogen-bond donors (Lipinski definition) is 2. The summed E-state index contributed by atoms with van der Waals surface area (Å²) in [5.74, 6) is 0.845. The SMILES string of the molecule is Cc1ccccc1OCC(O)CN1CCc2c([nH]c3ccccc23)C1. The third kappa shape index (κ3) is 3.41. The number of fused-ring (bicyclic) bond motifs is 3. The Balaban J connectivity index is 1.36. The van der Waals surface area contributed by atoms with E-state index in [1.807, 2.05) is 31.2 Å². The third-order valence-electron chi connectivity index (χ3n) is 4.96. The van der Waals surface area contributed by atoms with Crippen molar-refractivity contribution < 1.29 is 9.84 Å². The summed E-state index contributed by atoms with van der Waals surface area (Å²) in [6.45, 7) is 4.78. The molecule has 4 rings (SSSR count). The molecule has 0 bridgehead atoms. The van der Waals surface area contributed by atoms with E-state index in [0.717, 1.165) is 30.8 Å². The number of para-hydroxylation sites is 2. The van der Waals surface area contributed by atoms with Crippen LogP contribution in [0.25, 0.3) is 10.9 Å². The van der Waals surface area contributed by atoms with Gasteiger partial charge in [-0.3, -0.25) is 4.90 Å². The number of rotatable bonds is 5. The van der Waals surface area contributed by atoms with Gasteiger partial charge in [-0.1, -0.05) is 36.4 Å². The van der Waals surface area contributed by atoms with E-state index in [1.165, 1.54) is 22.2 Å². The number of H-pyrrole nitrogens is 1. The van der Waals surface area contributed by atoms with Crippen LogP contribution in [0, 0.1) is 6.92 Å². The number of aromatic amines is 1. The van der Waals surface area contributed by atoms with Crippen molar-refractivity contribution in [3.63, 3.8) is 0 Å². The van der Waals surface area contributed by atoms with E-state index in [2.05, 4.69) is 34.1 Å². The number of nitrogens with one attached hydrogen (secondary N) is 1. The Morgan fingerprint density at radius 3 is 2.84 bits per heavy atom. The Morgan fingerprint density at radius 1 is 1.16 bits per heavy atom. The molecule has 0 aliphatic carbocycles. The molecular weight excluding hydrogens is 312 g/mol. The minimum atomic E-state index is -0.495. The van der Waals surface area contributed by atoms with Gasteiger partial charge in [0.2, 0.25) is 0 Å². The van der Waals surface area contributed by atoms with Crippen molar-refractivity contribution in [1.82, 2.24) is 9.88 Å². The van der Waals surface area contributed by atoms with Crippen molar-refractivity contribution in [3.05, 3.63) is 65.4 Å². The largest absolute Gasteiger partial charge is 0.491 e. The van der Waals surface area contributed by atoms with Gasteiger partial charge in [0.05, 0.1) is 0 Å². The standard InChI is InChI=1S/C21H24N2O2/c1-15-6-2-5-9-21(15)25-14-16(24)12-23-11-10-18-17-7-3-4-8-19(17)22-20(18)13-23/h2-9,16,22,24H,10-14H2,1H3. The maximum atomic E-state index is 10.4. The lowest BCUT2D eigenvalue weighted by Crippen LogP contribution is -2.38. The number of β-amino-alcohol motifs (C(OH)–C–C–N with tert-alkyl or cyclic N) is 1. The van der Waals surface area contributed by atoms with Crippen molar-refractivity contribution in [2.75, 3.05) is 19.7 Å². The first kappa shape index (κ1) is 16.2. The van der Waals surface area contributed by atoms with E-state index in [0.29, 0.717) is 13.2 Å². The third-order valence-corrected chi connectivity index (χ3v) is 4.96. The van der Waals surface area contributed by atoms with Crippen molar-refractivity contribution in [2.24, 2.45) is 0 Å². The molecule has 4 heteroatoms. The topological polar surface area (TPSA) is 48.5 Å². The zero-order chi connectivity index (χ0) is 17.2. The monoisotopic (exact) mass is 336 g/mol. The van der Waals surface area contributed by atoms with E-state index in [4.69, 9.17) is 4.74 Å². The van der Waals surface area contributed by atoms with Crippen LogP contribution in [0.1, 0.15) is 16.8 Å². The van der Waals surface area contributed by atoms with Gasteiger partial charge in [-0.2, -0.15) is 0 Å². The van der Waals surface area contributed by atoms with Crippen molar-refractivity contribution >= 4 is 10.9 Å². The molecule has 0 radical (unpaired) electrons. The number of nitrogens with zero attached hydrogens (tertiary/aromatic N) is 1. The molecule has 0 saturated heterocycles. The Hall–Kier alpha value is -2.30. The summed E-state index contributed by atoms with van der Waals surface area (Å²) in [6.07, 6.45) is 0.524. The molecule has 2 N–H and O–H groups in total. The average Bonchev–Trinajstić information content (AvgIpc) is 2.99. The highest BCUT2D eigenvalue weighted by atomic mass is 16.5. The second-order valence-electron chi connectivity index (χ2n) is 6.84. The first-order valence-corrected chi connectivity index (χ1v) is 8.88. The van der Waals surface area contributed by atoms with Gasteiger partial charge in [0.1, 0.15) is 18.5 Å². The summed E-state index contributed by atoms with van der Waals surface area (Å²) in [4.78, 5) is 5.83. The number of aryl methyl sites for hydroxylation is 1. The summed E-state index contributed by atoms with van der Waals surface area (Å²) in [6, 6.07) is 16.4. The van der Waals surface area contributed by atoms with E-state index in [-0.39, 0.29) is 0 Å². The summed E-state index contributed by atoms with van der Waals surface area (Å²) >= 11 is 0. The quantitative estimate of drug-likeness (QED) is 0.752. The zero-order valence-corrected chi connectivity index (χ0v) is 14.5. The van der Waals surface area contributed by atoms with Crippen LogP contribution in [-0.2, 0) is 13.0 Å². The highest BCUT2D eigenvalue weighted by molar-refractivity contribution is 5.84. The second kappa shape index (κ2) is 6.90. The van der Waals surface area contributed by atoms with Gasteiger partial charge < -0.3 is 14.8 Å². The number of aromatic nitrogens is 1. The summed E-state index contributed by atoms with van der Waals surface area (Å²) in [5, 5.41) is 11.7. The van der Waals surface area contributed by atoms with Crippen LogP contribution in [0.2, 0.25) is 0 Å². The maximum Gasteiger partial charge on any atom is 0.122 e. The van der Waals surface area contributed by atoms with Crippen molar-refractivity contribution in [3.8, 4) is 5.75 Å². The molecule has 4 nitrogen and oxygen atoms in total. The molecule has 1 unspecified atom stereocenters. The number of ether oxygens (including phenoxy) is 1. The fourth-order valence-electron chi connectivity index (χ4n) is 3.66. The van der Waals surface area contributed by atoms with Crippen LogP contribution in [-0.4, -0.2) is 40.8 Å². The molecule has 2 heterocycles. The minimum Gasteiger partial charge on any atom is -0.491 e. The van der Waals surface area contributed by atoms with Crippen molar-refractivity contribution in [2.45, 2.75) is 26.0 Å². The predicted molar refractivity (Wildman–Crippen MR) is 100.0 cm³/mol. The predicted octanol–water partition coefficient (Wildman–Crippen LogP) is 3.27. The molecule has 130 valence electrons. The van der Waals surface area contributed by atoms with Crippen LogP contribution >= 0.6 is 0 Å². The molecule has 1 atom stereocenters. The molecular formula is C21H24N2O2. The van der Waals surface area contributed by atoms with Crippen LogP contribution in [0.3, 0.4) is 0 Å². The van der Waals surface area contributed by atoms with E-state index in [9.17, 15) is 5.11 Å². The van der Waals surface area contributed by atoms with Crippen LogP contribution in [0.5, 0.6) is 5.75 Å². The fourth-order valence-corrected chi connectivity index (χ4v) is 3.66. The fraction of sp³-hybridized carbons (Fsp3) is 0.333. The molecule has 1 aliphatic rings. The normalized spacial score (nSPS) is 15.9. The molecule has 0 amide bonds. The summed E-state index contributed by atoms with van der Waals surface area (Å²) < 4.78 is 5.77. The van der Waals surface area contributed by atoms with Gasteiger partial charge >= 0.3 is 0 Å². The lowest BCUT2D eigenvalue weighted by atomic mass is 10.0. The summed E-state index contributed by atoms with van der Waals surface area (Å²) in [5.41, 5.74) is 5.00. The molecule has 1 aliphatic heterocycles. The van der Waals surface area contributed by atoms with Gasteiger partial charge in [0, 0.05) is 36.2 Å². The molecule has 0 saturated carbocycles. The maximum absolute atomic E-state index is 10.4. The van der Waals surface area contributed by atoms with Crippen LogP contribution < -0.4 is 4.74 Å². The van der Waals surface area contributed by atoms with Gasteiger partial charge in [-0.05, 0) is 36.6 Å². The highest BCUT2D eigenvalue weighted by Crippen LogP contribution is 2.27. The first-order valence-electron chi connectivity index (χ1n) is 8.88. The molecule has 1 aromatic heterocycles. The van der Waals surface area contributed by atoms with Crippen molar-refractivity contribution in [1.29, 1.82) is 0 Å². The van der Waals surface area contributed by atoms with Gasteiger partial charge in [0.15, 0.2) is 0 Å². The van der Waals surface area contributed by atoms with E-state index in [1.54, 1.807) is 0 Å². The highest BCUT2D eigenvalue weighted by Gasteiger charge is 2.22. The molecule has 2 aromatic carbocycles. The molecule has 0 fully saturated rings. The Morgan fingerprint density at radius 2 is 1.96 bits per heavy atom. The zero-order valence-electron chi connectivity index (χ0n) is 14.5. The molecule has 0 spiro atoms. The Kier molecular flexibility index (Phi) is 4.47. The van der Waals surface area contributed by atoms with E-state index >= 15 is 0 Å². The number of hydrogen-bond acceptors (Lipinski definition) is 3. The minimum absolute atomic E-state index is 0.320. The van der Waals surface area contributed by atoms with Crippen LogP contribution in [0.4, 0.5) is 0 Å². The van der Waals surface area contributed by atoms with Gasteiger partial charge in [-0.25, -0.2) is 0 Å². The average molecular weight is 336 g/mol. The van der Waals surface area contributed by atoms with Gasteiger partial charge in [-0.15, -0.1) is 0 Å². The Bertz CT molecular complexity index is 871. The van der Waals surface area contributed by atoms with Crippen LogP contribution in [0.15, 0.2) is 48.5 Å². The Labute approximate surface area is 148 Å². The van der Waals surface area contributed by atoms with Gasteiger partial charge in [0.25, 0.3) is 0 Å². The number of aliphatic hydroxyl groups is 1. The number of aliphatic hydroxyl groups excluding tert-OH is 1. The smallest absolute Gasteiger partial charge is 0.122 e. The molecule has 25 heavy (non-hydrogen) atoms. The second-order valence-corrected chi connectivity index (χ2v) is 6.84. The first-order chi connectivity index (χ1) is 12.2.